The third-order valence-electron chi connectivity index (χ3n) is 3.16. The molecule has 17 heavy (non-hydrogen) atoms. The van der Waals surface area contributed by atoms with Gasteiger partial charge in [-0.3, -0.25) is 0 Å². The Hall–Kier alpha value is -1.04. The summed E-state index contributed by atoms with van der Waals surface area (Å²) in [6.07, 6.45) is -0.453. The second-order valence-electron chi connectivity index (χ2n) is 4.45. The molecule has 0 aliphatic carbocycles. The van der Waals surface area contributed by atoms with Crippen molar-refractivity contribution in [3.63, 3.8) is 0 Å². The highest BCUT2D eigenvalue weighted by Crippen LogP contribution is 2.22. The molecule has 0 unspecified atom stereocenters. The van der Waals surface area contributed by atoms with Gasteiger partial charge in [-0.2, -0.15) is 0 Å². The Bertz CT molecular complexity index is 398. The van der Waals surface area contributed by atoms with Crippen LogP contribution in [0.1, 0.15) is 12.0 Å². The van der Waals surface area contributed by atoms with Crippen LogP contribution >= 0.6 is 0 Å². The van der Waals surface area contributed by atoms with E-state index in [-0.39, 0.29) is 12.0 Å². The van der Waals surface area contributed by atoms with Crippen LogP contribution in [0, 0.1) is 17.6 Å². The maximum Gasteiger partial charge on any atom is 0.167 e. The van der Waals surface area contributed by atoms with E-state index in [2.05, 4.69) is 5.32 Å². The smallest absolute Gasteiger partial charge is 0.167 e. The predicted molar refractivity (Wildman–Crippen MR) is 58.2 cm³/mol. The average molecular weight is 243 g/mol. The highest BCUT2D eigenvalue weighted by atomic mass is 19.2. The molecular weight excluding hydrogens is 228 g/mol. The fourth-order valence-corrected chi connectivity index (χ4v) is 2.24. The van der Waals surface area contributed by atoms with E-state index in [1.165, 1.54) is 6.07 Å². The minimum atomic E-state index is -1.41. The molecule has 3 nitrogen and oxygen atoms in total. The van der Waals surface area contributed by atoms with E-state index in [1.54, 1.807) is 6.07 Å². The number of halogens is 2. The van der Waals surface area contributed by atoms with Gasteiger partial charge in [-0.15, -0.1) is 0 Å². The monoisotopic (exact) mass is 243 g/mol. The van der Waals surface area contributed by atoms with E-state index in [0.717, 1.165) is 6.07 Å². The van der Waals surface area contributed by atoms with Crippen LogP contribution in [0.25, 0.3) is 0 Å². The largest absolute Gasteiger partial charge is 0.367 e. The number of nitrogens with one attached hydrogen (secondary N) is 1. The SMILES string of the molecule is OC(O)[C@@H]1C[C@H](Cc2cccc(F)c2F)CN1. The summed E-state index contributed by atoms with van der Waals surface area (Å²) in [7, 11) is 0. The van der Waals surface area contributed by atoms with Crippen molar-refractivity contribution in [1.29, 1.82) is 0 Å². The first-order valence-electron chi connectivity index (χ1n) is 5.60. The van der Waals surface area contributed by atoms with Crippen LogP contribution in [0.15, 0.2) is 18.2 Å². The van der Waals surface area contributed by atoms with Crippen molar-refractivity contribution in [1.82, 2.24) is 5.32 Å². The second kappa shape index (κ2) is 5.08. The summed E-state index contributed by atoms with van der Waals surface area (Å²) in [5.41, 5.74) is 0.338. The number of aliphatic hydroxyl groups excluding tert-OH is 1. The van der Waals surface area contributed by atoms with Crippen molar-refractivity contribution < 1.29 is 19.0 Å². The molecule has 1 heterocycles. The predicted octanol–water partition coefficient (Wildman–Crippen LogP) is 0.796. The number of benzene rings is 1. The summed E-state index contributed by atoms with van der Waals surface area (Å²) in [4.78, 5) is 0. The lowest BCUT2D eigenvalue weighted by atomic mass is 9.96. The summed E-state index contributed by atoms with van der Waals surface area (Å²) < 4.78 is 26.4. The van der Waals surface area contributed by atoms with Crippen LogP contribution in [0.4, 0.5) is 8.78 Å². The Morgan fingerprint density at radius 3 is 2.76 bits per heavy atom. The molecule has 94 valence electrons. The van der Waals surface area contributed by atoms with Crippen molar-refractivity contribution in [3.8, 4) is 0 Å². The van der Waals surface area contributed by atoms with Crippen LogP contribution in [0.3, 0.4) is 0 Å². The lowest BCUT2D eigenvalue weighted by molar-refractivity contribution is -0.0631. The molecule has 2 rings (SSSR count). The van der Waals surface area contributed by atoms with Crippen LogP contribution < -0.4 is 5.32 Å². The molecule has 0 bridgehead atoms. The molecule has 0 saturated carbocycles. The fourth-order valence-electron chi connectivity index (χ4n) is 2.24. The molecule has 2 atom stereocenters. The van der Waals surface area contributed by atoms with Crippen molar-refractivity contribution in [2.24, 2.45) is 5.92 Å². The van der Waals surface area contributed by atoms with Gasteiger partial charge in [0.05, 0.1) is 6.04 Å². The van der Waals surface area contributed by atoms with E-state index in [0.29, 0.717) is 24.9 Å². The molecule has 5 heteroatoms. The molecular formula is C12H15F2NO2. The molecule has 1 fully saturated rings. The van der Waals surface area contributed by atoms with Crippen molar-refractivity contribution >= 4 is 0 Å². The first kappa shape index (κ1) is 12.4. The van der Waals surface area contributed by atoms with Gasteiger partial charge in [0.15, 0.2) is 17.9 Å². The molecule has 0 radical (unpaired) electrons. The second-order valence-corrected chi connectivity index (χ2v) is 4.45. The molecule has 0 amide bonds. The normalized spacial score (nSPS) is 24.5. The molecule has 1 saturated heterocycles. The quantitative estimate of drug-likeness (QED) is 0.688. The maximum absolute atomic E-state index is 13.4. The van der Waals surface area contributed by atoms with E-state index < -0.39 is 17.9 Å². The Morgan fingerprint density at radius 2 is 2.12 bits per heavy atom. The Labute approximate surface area is 98.1 Å². The molecule has 1 aliphatic heterocycles. The van der Waals surface area contributed by atoms with Crippen LogP contribution in [-0.4, -0.2) is 29.1 Å². The Kier molecular flexibility index (Phi) is 3.71. The van der Waals surface area contributed by atoms with E-state index in [4.69, 9.17) is 10.2 Å². The lowest BCUT2D eigenvalue weighted by Gasteiger charge is -2.12. The number of aliphatic hydroxyl groups is 2. The van der Waals surface area contributed by atoms with Gasteiger partial charge in [-0.05, 0) is 36.9 Å². The minimum absolute atomic E-state index is 0.0955. The summed E-state index contributed by atoms with van der Waals surface area (Å²) in [6, 6.07) is 3.75. The van der Waals surface area contributed by atoms with Gasteiger partial charge in [-0.1, -0.05) is 12.1 Å². The summed E-state index contributed by atoms with van der Waals surface area (Å²) in [5, 5.41) is 20.9. The molecule has 0 spiro atoms. The third-order valence-corrected chi connectivity index (χ3v) is 3.16. The van der Waals surface area contributed by atoms with Crippen LogP contribution in [-0.2, 0) is 6.42 Å². The van der Waals surface area contributed by atoms with Gasteiger partial charge in [0.2, 0.25) is 0 Å². The molecule has 1 aromatic carbocycles. The van der Waals surface area contributed by atoms with Crippen LogP contribution in [0.5, 0.6) is 0 Å². The maximum atomic E-state index is 13.4. The standard InChI is InChI=1S/C12H15F2NO2/c13-9-3-1-2-8(11(9)14)4-7-5-10(12(16)17)15-6-7/h1-3,7,10,12,15-17H,4-6H2/t7-,10-/m0/s1. The molecule has 0 aromatic heterocycles. The Morgan fingerprint density at radius 1 is 1.35 bits per heavy atom. The Balaban J connectivity index is 2.00. The first-order valence-corrected chi connectivity index (χ1v) is 5.60. The highest BCUT2D eigenvalue weighted by molar-refractivity contribution is 5.19. The van der Waals surface area contributed by atoms with Crippen molar-refractivity contribution in [2.75, 3.05) is 6.54 Å². The zero-order valence-corrected chi connectivity index (χ0v) is 9.24. The van der Waals surface area contributed by atoms with Gasteiger partial charge in [0.25, 0.3) is 0 Å². The van der Waals surface area contributed by atoms with E-state index in [1.807, 2.05) is 0 Å². The molecule has 1 aromatic rings. The number of hydrogen-bond donors (Lipinski definition) is 3. The van der Waals surface area contributed by atoms with Gasteiger partial charge in [0.1, 0.15) is 0 Å². The van der Waals surface area contributed by atoms with Gasteiger partial charge < -0.3 is 15.5 Å². The first-order chi connectivity index (χ1) is 8.08. The van der Waals surface area contributed by atoms with E-state index >= 15 is 0 Å². The van der Waals surface area contributed by atoms with Gasteiger partial charge in [0, 0.05) is 0 Å². The highest BCUT2D eigenvalue weighted by Gasteiger charge is 2.29. The topological polar surface area (TPSA) is 52.5 Å². The van der Waals surface area contributed by atoms with Gasteiger partial charge in [-0.25, -0.2) is 8.78 Å². The third kappa shape index (κ3) is 2.80. The zero-order chi connectivity index (χ0) is 12.4. The zero-order valence-electron chi connectivity index (χ0n) is 9.24. The minimum Gasteiger partial charge on any atom is -0.367 e. The van der Waals surface area contributed by atoms with E-state index in [9.17, 15) is 8.78 Å². The lowest BCUT2D eigenvalue weighted by Crippen LogP contribution is -2.34. The average Bonchev–Trinajstić information content (AvgIpc) is 2.73. The number of hydrogen-bond acceptors (Lipinski definition) is 3. The van der Waals surface area contributed by atoms with Crippen LogP contribution in [0.2, 0.25) is 0 Å². The summed E-state index contributed by atoms with van der Waals surface area (Å²) >= 11 is 0. The van der Waals surface area contributed by atoms with Crippen molar-refractivity contribution in [2.45, 2.75) is 25.2 Å². The summed E-state index contributed by atoms with van der Waals surface area (Å²) in [6.45, 7) is 0.582. The number of rotatable bonds is 3. The summed E-state index contributed by atoms with van der Waals surface area (Å²) in [5.74, 6) is -1.55. The van der Waals surface area contributed by atoms with Crippen molar-refractivity contribution in [3.05, 3.63) is 35.4 Å². The molecule has 1 aliphatic rings. The van der Waals surface area contributed by atoms with Gasteiger partial charge >= 0.3 is 0 Å². The molecule has 3 N–H and O–H groups in total. The fraction of sp³-hybridized carbons (Fsp3) is 0.500.